The van der Waals surface area contributed by atoms with Gasteiger partial charge in [0.1, 0.15) is 5.54 Å². The zero-order chi connectivity index (χ0) is 12.2. The van der Waals surface area contributed by atoms with E-state index in [0.717, 1.165) is 45.2 Å². The first-order valence-corrected chi connectivity index (χ1v) is 6.53. The number of hydrogen-bond donors (Lipinski definition) is 1. The minimum absolute atomic E-state index is 0.624. The Morgan fingerprint density at radius 1 is 1.38 bits per heavy atom. The Kier molecular flexibility index (Phi) is 4.78. The molecular weight excluding hydrogens is 202 g/mol. The van der Waals surface area contributed by atoms with Gasteiger partial charge in [-0.05, 0) is 38.6 Å². The third-order valence-electron chi connectivity index (χ3n) is 4.13. The van der Waals surface area contributed by atoms with Crippen LogP contribution in [0.1, 0.15) is 52.9 Å². The van der Waals surface area contributed by atoms with E-state index < -0.39 is 11.5 Å². The first-order chi connectivity index (χ1) is 7.54. The van der Waals surface area contributed by atoms with Crippen LogP contribution in [-0.2, 0) is 4.79 Å². The summed E-state index contributed by atoms with van der Waals surface area (Å²) in [4.78, 5) is 13.6. The molecule has 1 N–H and O–H groups in total. The van der Waals surface area contributed by atoms with E-state index in [1.807, 2.05) is 6.92 Å². The van der Waals surface area contributed by atoms with Gasteiger partial charge >= 0.3 is 5.97 Å². The number of aliphatic carboxylic acids is 1. The van der Waals surface area contributed by atoms with Crippen LogP contribution in [0.5, 0.6) is 0 Å². The predicted octanol–water partition coefficient (Wildman–Crippen LogP) is 2.75. The number of nitrogens with zero attached hydrogens (tertiary/aromatic N) is 1. The van der Waals surface area contributed by atoms with E-state index in [9.17, 15) is 9.90 Å². The van der Waals surface area contributed by atoms with Gasteiger partial charge in [-0.25, -0.2) is 0 Å². The lowest BCUT2D eigenvalue weighted by atomic mass is 9.87. The maximum Gasteiger partial charge on any atom is 0.323 e. The van der Waals surface area contributed by atoms with E-state index in [1.165, 1.54) is 0 Å². The molecule has 0 spiro atoms. The fraction of sp³-hybridized carbons (Fsp3) is 0.923. The van der Waals surface area contributed by atoms with Crippen molar-refractivity contribution in [1.29, 1.82) is 0 Å². The topological polar surface area (TPSA) is 40.5 Å². The van der Waals surface area contributed by atoms with Gasteiger partial charge in [0.2, 0.25) is 0 Å². The van der Waals surface area contributed by atoms with E-state index in [-0.39, 0.29) is 0 Å². The molecule has 1 fully saturated rings. The molecule has 1 saturated heterocycles. The van der Waals surface area contributed by atoms with E-state index in [1.54, 1.807) is 0 Å². The molecule has 0 bridgehead atoms. The average molecular weight is 227 g/mol. The van der Waals surface area contributed by atoms with Crippen LogP contribution in [0.15, 0.2) is 0 Å². The van der Waals surface area contributed by atoms with E-state index in [0.29, 0.717) is 5.92 Å². The van der Waals surface area contributed by atoms with Crippen molar-refractivity contribution in [2.45, 2.75) is 58.4 Å². The van der Waals surface area contributed by atoms with Crippen LogP contribution in [0.25, 0.3) is 0 Å². The Morgan fingerprint density at radius 2 is 2.00 bits per heavy atom. The Morgan fingerprint density at radius 3 is 2.50 bits per heavy atom. The number of rotatable bonds is 5. The van der Waals surface area contributed by atoms with Gasteiger partial charge in [-0.1, -0.05) is 26.7 Å². The second-order valence-corrected chi connectivity index (χ2v) is 5.16. The van der Waals surface area contributed by atoms with Crippen LogP contribution in [0.4, 0.5) is 0 Å². The minimum atomic E-state index is -0.654. The van der Waals surface area contributed by atoms with Crippen LogP contribution in [0, 0.1) is 5.92 Å². The molecule has 3 nitrogen and oxygen atoms in total. The summed E-state index contributed by atoms with van der Waals surface area (Å²) < 4.78 is 0. The second kappa shape index (κ2) is 5.67. The molecule has 0 saturated carbocycles. The van der Waals surface area contributed by atoms with Gasteiger partial charge in [0.15, 0.2) is 0 Å². The molecule has 1 aliphatic rings. The summed E-state index contributed by atoms with van der Waals surface area (Å²) in [6.45, 7) is 8.15. The number of carboxylic acid groups (broad SMARTS) is 1. The van der Waals surface area contributed by atoms with Gasteiger partial charge in [-0.2, -0.15) is 0 Å². The summed E-state index contributed by atoms with van der Waals surface area (Å²) in [5.41, 5.74) is -0.624. The zero-order valence-electron chi connectivity index (χ0n) is 10.8. The van der Waals surface area contributed by atoms with Crippen molar-refractivity contribution in [3.63, 3.8) is 0 Å². The van der Waals surface area contributed by atoms with E-state index in [4.69, 9.17) is 0 Å². The van der Waals surface area contributed by atoms with Gasteiger partial charge < -0.3 is 5.11 Å². The highest BCUT2D eigenvalue weighted by molar-refractivity contribution is 5.78. The fourth-order valence-corrected chi connectivity index (χ4v) is 2.57. The molecule has 1 unspecified atom stereocenters. The highest BCUT2D eigenvalue weighted by Gasteiger charge is 2.41. The number of carbonyl (C=O) groups is 1. The standard InChI is InChI=1S/C13H25NO2/c1-4-11(5-2)10-14-9-7-6-8-13(14,3)12(15)16/h11H,4-10H2,1-3H3,(H,15,16). The lowest BCUT2D eigenvalue weighted by molar-refractivity contribution is -0.153. The second-order valence-electron chi connectivity index (χ2n) is 5.16. The normalized spacial score (nSPS) is 27.2. The molecule has 1 aliphatic heterocycles. The zero-order valence-corrected chi connectivity index (χ0v) is 10.8. The van der Waals surface area contributed by atoms with E-state index in [2.05, 4.69) is 18.7 Å². The molecule has 0 radical (unpaired) electrons. The molecule has 16 heavy (non-hydrogen) atoms. The highest BCUT2D eigenvalue weighted by atomic mass is 16.4. The molecule has 0 aromatic carbocycles. The Bertz CT molecular complexity index is 238. The summed E-state index contributed by atoms with van der Waals surface area (Å²) in [5.74, 6) is -0.0186. The maximum atomic E-state index is 11.4. The summed E-state index contributed by atoms with van der Waals surface area (Å²) in [6, 6.07) is 0. The first-order valence-electron chi connectivity index (χ1n) is 6.53. The monoisotopic (exact) mass is 227 g/mol. The molecule has 0 amide bonds. The molecular formula is C13H25NO2. The van der Waals surface area contributed by atoms with Gasteiger partial charge in [-0.3, -0.25) is 9.69 Å². The molecule has 1 atom stereocenters. The Hall–Kier alpha value is -0.570. The van der Waals surface area contributed by atoms with Crippen LogP contribution < -0.4 is 0 Å². The SMILES string of the molecule is CCC(CC)CN1CCCCC1(C)C(=O)O. The molecule has 1 rings (SSSR count). The third-order valence-corrected chi connectivity index (χ3v) is 4.13. The van der Waals surface area contributed by atoms with Crippen molar-refractivity contribution in [2.24, 2.45) is 5.92 Å². The van der Waals surface area contributed by atoms with Crippen LogP contribution in [0.2, 0.25) is 0 Å². The van der Waals surface area contributed by atoms with Crippen molar-refractivity contribution in [2.75, 3.05) is 13.1 Å². The van der Waals surface area contributed by atoms with Crippen molar-refractivity contribution in [1.82, 2.24) is 4.90 Å². The molecule has 0 aliphatic carbocycles. The van der Waals surface area contributed by atoms with Crippen LogP contribution in [-0.4, -0.2) is 34.6 Å². The van der Waals surface area contributed by atoms with Crippen molar-refractivity contribution < 1.29 is 9.90 Å². The van der Waals surface area contributed by atoms with Crippen molar-refractivity contribution >= 4 is 5.97 Å². The predicted molar refractivity (Wildman–Crippen MR) is 65.5 cm³/mol. The average Bonchev–Trinajstić information content (AvgIpc) is 2.28. The molecule has 1 heterocycles. The van der Waals surface area contributed by atoms with Gasteiger partial charge in [0.25, 0.3) is 0 Å². The quantitative estimate of drug-likeness (QED) is 0.785. The first kappa shape index (κ1) is 13.5. The minimum Gasteiger partial charge on any atom is -0.480 e. The molecule has 94 valence electrons. The molecule has 3 heteroatoms. The summed E-state index contributed by atoms with van der Waals surface area (Å²) >= 11 is 0. The lowest BCUT2D eigenvalue weighted by Gasteiger charge is -2.43. The largest absolute Gasteiger partial charge is 0.480 e. The van der Waals surface area contributed by atoms with Crippen LogP contribution in [0.3, 0.4) is 0 Å². The summed E-state index contributed by atoms with van der Waals surface area (Å²) in [5, 5.41) is 9.38. The van der Waals surface area contributed by atoms with E-state index >= 15 is 0 Å². The highest BCUT2D eigenvalue weighted by Crippen LogP contribution is 2.29. The lowest BCUT2D eigenvalue weighted by Crippen LogP contribution is -2.56. The van der Waals surface area contributed by atoms with Gasteiger partial charge in [0.05, 0.1) is 0 Å². The van der Waals surface area contributed by atoms with Crippen molar-refractivity contribution in [3.05, 3.63) is 0 Å². The number of carboxylic acids is 1. The molecule has 0 aromatic rings. The van der Waals surface area contributed by atoms with Gasteiger partial charge in [-0.15, -0.1) is 0 Å². The fourth-order valence-electron chi connectivity index (χ4n) is 2.57. The summed E-state index contributed by atoms with van der Waals surface area (Å²) in [7, 11) is 0. The van der Waals surface area contributed by atoms with Crippen LogP contribution >= 0.6 is 0 Å². The number of hydrogen-bond acceptors (Lipinski definition) is 2. The number of piperidine rings is 1. The molecule has 0 aromatic heterocycles. The third kappa shape index (κ3) is 2.76. The van der Waals surface area contributed by atoms with Gasteiger partial charge in [0, 0.05) is 6.54 Å². The number of likely N-dealkylation sites (tertiary alicyclic amines) is 1. The maximum absolute atomic E-state index is 11.4. The Balaban J connectivity index is 2.70. The smallest absolute Gasteiger partial charge is 0.323 e. The Labute approximate surface area is 98.8 Å². The summed E-state index contributed by atoms with van der Waals surface area (Å²) in [6.07, 6.45) is 5.26. The van der Waals surface area contributed by atoms with Crippen molar-refractivity contribution in [3.8, 4) is 0 Å².